The van der Waals surface area contributed by atoms with Crippen LogP contribution in [0.3, 0.4) is 0 Å². The molecule has 0 saturated heterocycles. The van der Waals surface area contributed by atoms with Crippen LogP contribution in [0.1, 0.15) is 19.4 Å². The fraction of sp³-hybridized carbons (Fsp3) is 0.350. The van der Waals surface area contributed by atoms with E-state index in [4.69, 9.17) is 0 Å². The summed E-state index contributed by atoms with van der Waals surface area (Å²) >= 11 is 0. The van der Waals surface area contributed by atoms with Crippen LogP contribution in [0.4, 0.5) is 16.2 Å². The average Bonchev–Trinajstić information content (AvgIpc) is 2.63. The third-order valence-corrected chi connectivity index (χ3v) is 5.49. The molecule has 6 nitrogen and oxygen atoms in total. The molecule has 2 N–H and O–H groups in total. The summed E-state index contributed by atoms with van der Waals surface area (Å²) in [6.45, 7) is 7.42. The van der Waals surface area contributed by atoms with E-state index in [1.54, 1.807) is 12.1 Å². The van der Waals surface area contributed by atoms with Gasteiger partial charge in [0.15, 0.2) is 9.84 Å². The van der Waals surface area contributed by atoms with E-state index < -0.39 is 9.84 Å². The van der Waals surface area contributed by atoms with Gasteiger partial charge in [-0.3, -0.25) is 0 Å². The molecular weight excluding hydrogens is 362 g/mol. The number of carbonyl (C=O) groups excluding carboxylic acids is 1. The Labute approximate surface area is 161 Å². The van der Waals surface area contributed by atoms with E-state index in [9.17, 15) is 13.2 Å². The number of hydrogen-bond acceptors (Lipinski definition) is 4. The quantitative estimate of drug-likeness (QED) is 0.723. The lowest BCUT2D eigenvalue weighted by Crippen LogP contribution is -2.25. The maximum Gasteiger partial charge on any atom is 0.323 e. The molecule has 0 radical (unpaired) electrons. The summed E-state index contributed by atoms with van der Waals surface area (Å²) < 4.78 is 22.9. The minimum Gasteiger partial charge on any atom is -0.308 e. The van der Waals surface area contributed by atoms with Gasteiger partial charge in [-0.2, -0.15) is 0 Å². The Hall–Kier alpha value is -2.38. The number of carbonyl (C=O) groups is 1. The normalized spacial score (nSPS) is 11.4. The fourth-order valence-electron chi connectivity index (χ4n) is 2.66. The second-order valence-corrected chi connectivity index (χ2v) is 8.37. The van der Waals surface area contributed by atoms with E-state index >= 15 is 0 Å². The maximum atomic E-state index is 12.1. The highest BCUT2D eigenvalue weighted by Gasteiger charge is 2.08. The number of anilines is 2. The number of nitrogens with zero attached hydrogens (tertiary/aromatic N) is 1. The third-order valence-electron chi connectivity index (χ3n) is 4.36. The molecule has 0 saturated carbocycles. The zero-order valence-corrected chi connectivity index (χ0v) is 16.8. The summed E-state index contributed by atoms with van der Waals surface area (Å²) in [6, 6.07) is 13.5. The van der Waals surface area contributed by atoms with E-state index in [2.05, 4.69) is 29.4 Å². The van der Waals surface area contributed by atoms with Crippen LogP contribution in [0.2, 0.25) is 0 Å². The monoisotopic (exact) mass is 389 g/mol. The Kier molecular flexibility index (Phi) is 7.38. The molecule has 2 rings (SSSR count). The lowest BCUT2D eigenvalue weighted by atomic mass is 10.1. The van der Waals surface area contributed by atoms with E-state index in [1.807, 2.05) is 24.3 Å². The van der Waals surface area contributed by atoms with Crippen molar-refractivity contribution >= 4 is 27.2 Å². The number of benzene rings is 2. The molecule has 2 aromatic carbocycles. The minimum absolute atomic E-state index is 0.216. The molecule has 27 heavy (non-hydrogen) atoms. The summed E-state index contributed by atoms with van der Waals surface area (Å²) in [4.78, 5) is 14.7. The van der Waals surface area contributed by atoms with Gasteiger partial charge < -0.3 is 15.5 Å². The first kappa shape index (κ1) is 20.9. The summed E-state index contributed by atoms with van der Waals surface area (Å²) in [7, 11) is -3.25. The lowest BCUT2D eigenvalue weighted by Gasteiger charge is -2.17. The van der Waals surface area contributed by atoms with Crippen molar-refractivity contribution in [1.29, 1.82) is 0 Å². The van der Waals surface area contributed by atoms with E-state index in [0.29, 0.717) is 11.4 Å². The van der Waals surface area contributed by atoms with Crippen molar-refractivity contribution in [3.8, 4) is 0 Å². The van der Waals surface area contributed by atoms with Crippen molar-refractivity contribution in [2.24, 2.45) is 0 Å². The number of urea groups is 1. The number of amides is 2. The SMILES string of the molecule is CCN(CC)CCc1ccc(NC(=O)Nc2ccc(S(C)(=O)=O)cc2)cc1. The van der Waals surface area contributed by atoms with Crippen molar-refractivity contribution in [3.63, 3.8) is 0 Å². The average molecular weight is 390 g/mol. The molecule has 0 bridgehead atoms. The van der Waals surface area contributed by atoms with Crippen molar-refractivity contribution < 1.29 is 13.2 Å². The Morgan fingerprint density at radius 2 is 1.37 bits per heavy atom. The molecular formula is C20H27N3O3S. The molecule has 7 heteroatoms. The number of nitrogens with one attached hydrogen (secondary N) is 2. The van der Waals surface area contributed by atoms with Crippen LogP contribution >= 0.6 is 0 Å². The van der Waals surface area contributed by atoms with Gasteiger partial charge in [0, 0.05) is 24.2 Å². The Morgan fingerprint density at radius 3 is 1.81 bits per heavy atom. The maximum absolute atomic E-state index is 12.1. The van der Waals surface area contributed by atoms with Crippen LogP contribution in [0.25, 0.3) is 0 Å². The largest absolute Gasteiger partial charge is 0.323 e. The molecule has 0 aromatic heterocycles. The molecule has 0 fully saturated rings. The molecule has 2 aromatic rings. The van der Waals surface area contributed by atoms with Crippen molar-refractivity contribution in [1.82, 2.24) is 4.90 Å². The van der Waals surface area contributed by atoms with E-state index in [-0.39, 0.29) is 10.9 Å². The van der Waals surface area contributed by atoms with Crippen LogP contribution in [-0.4, -0.2) is 45.2 Å². The predicted molar refractivity (Wildman–Crippen MR) is 110 cm³/mol. The van der Waals surface area contributed by atoms with Gasteiger partial charge in [0.1, 0.15) is 0 Å². The number of sulfone groups is 1. The number of rotatable bonds is 8. The zero-order valence-electron chi connectivity index (χ0n) is 16.0. The first-order valence-corrected chi connectivity index (χ1v) is 10.9. The second kappa shape index (κ2) is 9.53. The minimum atomic E-state index is -3.25. The molecule has 0 aliphatic heterocycles. The van der Waals surface area contributed by atoms with Crippen LogP contribution in [0.15, 0.2) is 53.4 Å². The summed E-state index contributed by atoms with van der Waals surface area (Å²) in [6.07, 6.45) is 2.12. The molecule has 0 aliphatic rings. The standard InChI is InChI=1S/C20H27N3O3S/c1-4-23(5-2)15-14-16-6-8-17(9-7-16)21-20(24)22-18-10-12-19(13-11-18)27(3,25)26/h6-13H,4-5,14-15H2,1-3H3,(H2,21,22,24). The van der Waals surface area contributed by atoms with Gasteiger partial charge in [-0.25, -0.2) is 13.2 Å². The summed E-state index contributed by atoms with van der Waals surface area (Å²) in [5.41, 5.74) is 2.45. The molecule has 0 unspecified atom stereocenters. The number of hydrogen-bond donors (Lipinski definition) is 2. The highest BCUT2D eigenvalue weighted by Crippen LogP contribution is 2.15. The van der Waals surface area contributed by atoms with Gasteiger partial charge in [-0.1, -0.05) is 26.0 Å². The van der Waals surface area contributed by atoms with Crippen LogP contribution < -0.4 is 10.6 Å². The molecule has 0 atom stereocenters. The van der Waals surface area contributed by atoms with Crippen molar-refractivity contribution in [2.75, 3.05) is 36.5 Å². The molecule has 146 valence electrons. The highest BCUT2D eigenvalue weighted by molar-refractivity contribution is 7.90. The second-order valence-electron chi connectivity index (χ2n) is 6.35. The predicted octanol–water partition coefficient (Wildman–Crippen LogP) is 3.62. The summed E-state index contributed by atoms with van der Waals surface area (Å²) in [5.74, 6) is 0. The van der Waals surface area contributed by atoms with E-state index in [1.165, 1.54) is 17.7 Å². The van der Waals surface area contributed by atoms with Gasteiger partial charge in [0.05, 0.1) is 4.90 Å². The van der Waals surface area contributed by atoms with Crippen LogP contribution in [0, 0.1) is 0 Å². The highest BCUT2D eigenvalue weighted by atomic mass is 32.2. The Bertz CT molecular complexity index is 843. The first-order chi connectivity index (χ1) is 12.8. The molecule has 0 spiro atoms. The van der Waals surface area contributed by atoms with Crippen LogP contribution in [0.5, 0.6) is 0 Å². The summed E-state index contributed by atoms with van der Waals surface area (Å²) in [5, 5.41) is 5.46. The van der Waals surface area contributed by atoms with Gasteiger partial charge in [-0.15, -0.1) is 0 Å². The van der Waals surface area contributed by atoms with Crippen LogP contribution in [-0.2, 0) is 16.3 Å². The van der Waals surface area contributed by atoms with Crippen molar-refractivity contribution in [2.45, 2.75) is 25.2 Å². The van der Waals surface area contributed by atoms with Crippen molar-refractivity contribution in [3.05, 3.63) is 54.1 Å². The molecule has 0 aliphatic carbocycles. The molecule has 0 heterocycles. The Morgan fingerprint density at radius 1 is 0.889 bits per heavy atom. The van der Waals surface area contributed by atoms with E-state index in [0.717, 1.165) is 32.3 Å². The fourth-order valence-corrected chi connectivity index (χ4v) is 3.29. The first-order valence-electron chi connectivity index (χ1n) is 9.01. The van der Waals surface area contributed by atoms with Gasteiger partial charge in [-0.05, 0) is 61.5 Å². The van der Waals surface area contributed by atoms with Gasteiger partial charge >= 0.3 is 6.03 Å². The smallest absolute Gasteiger partial charge is 0.308 e. The zero-order chi connectivity index (χ0) is 19.9. The number of likely N-dealkylation sites (N-methyl/N-ethyl adjacent to an activating group) is 1. The lowest BCUT2D eigenvalue weighted by molar-refractivity contribution is 0.262. The third kappa shape index (κ3) is 6.69. The molecule has 2 amide bonds. The topological polar surface area (TPSA) is 78.5 Å². The Balaban J connectivity index is 1.88. The van der Waals surface area contributed by atoms with Gasteiger partial charge in [0.25, 0.3) is 0 Å². The van der Waals surface area contributed by atoms with Gasteiger partial charge in [0.2, 0.25) is 0 Å².